The van der Waals surface area contributed by atoms with Crippen molar-refractivity contribution in [3.63, 3.8) is 0 Å². The predicted octanol–water partition coefficient (Wildman–Crippen LogP) is 7.88. The van der Waals surface area contributed by atoms with Crippen LogP contribution < -0.4 is 10.6 Å². The van der Waals surface area contributed by atoms with E-state index >= 15 is 0 Å². The molecule has 0 unspecified atom stereocenters. The van der Waals surface area contributed by atoms with Gasteiger partial charge in [-0.1, -0.05) is 79.2 Å². The van der Waals surface area contributed by atoms with Gasteiger partial charge in [0.25, 0.3) is 0 Å². The minimum atomic E-state index is -0.483. The third-order valence-electron chi connectivity index (χ3n) is 6.87. The number of rotatable bonds is 8. The molecule has 41 heavy (non-hydrogen) atoms. The fourth-order valence-corrected chi connectivity index (χ4v) is 4.71. The monoisotopic (exact) mass is 545 g/mol. The van der Waals surface area contributed by atoms with E-state index in [0.717, 1.165) is 51.1 Å². The molecule has 0 aliphatic rings. The summed E-state index contributed by atoms with van der Waals surface area (Å²) in [6.45, 7) is 6.38. The van der Waals surface area contributed by atoms with Crippen LogP contribution >= 0.6 is 0 Å². The van der Waals surface area contributed by atoms with Crippen molar-refractivity contribution in [2.24, 2.45) is 0 Å². The lowest BCUT2D eigenvalue weighted by atomic mass is 9.99. The predicted molar refractivity (Wildman–Crippen MR) is 165 cm³/mol. The number of fused-ring (bicyclic) bond motifs is 1. The van der Waals surface area contributed by atoms with Crippen LogP contribution in [-0.4, -0.2) is 27.1 Å². The van der Waals surface area contributed by atoms with Crippen molar-refractivity contribution in [1.82, 2.24) is 19.9 Å². The molecule has 0 bridgehead atoms. The SMILES string of the molecule is C/C=C\C(=C/CNC(=O)Nc1ccccc1F)c1ccc2c(-c3ccc(C)cc3)cn(-c3cc(CC)ncn3)c2c1. The zero-order valence-corrected chi connectivity index (χ0v) is 23.4. The first-order chi connectivity index (χ1) is 20.0. The number of nitrogens with one attached hydrogen (secondary N) is 2. The van der Waals surface area contributed by atoms with Gasteiger partial charge in [-0.2, -0.15) is 0 Å². The molecule has 0 radical (unpaired) electrons. The molecule has 2 amide bonds. The topological polar surface area (TPSA) is 71.8 Å². The highest BCUT2D eigenvalue weighted by Crippen LogP contribution is 2.34. The molecule has 206 valence electrons. The van der Waals surface area contributed by atoms with Crippen LogP contribution in [0.15, 0.2) is 104 Å². The highest BCUT2D eigenvalue weighted by atomic mass is 19.1. The van der Waals surface area contributed by atoms with Crippen LogP contribution in [0.3, 0.4) is 0 Å². The molecule has 7 heteroatoms. The Bertz CT molecular complexity index is 1750. The first-order valence-corrected chi connectivity index (χ1v) is 13.6. The van der Waals surface area contributed by atoms with Gasteiger partial charge in [-0.05, 0) is 55.2 Å². The van der Waals surface area contributed by atoms with Crippen LogP contribution in [-0.2, 0) is 6.42 Å². The van der Waals surface area contributed by atoms with Crippen molar-refractivity contribution in [2.45, 2.75) is 27.2 Å². The number of urea groups is 1. The number of hydrogen-bond donors (Lipinski definition) is 2. The number of halogens is 1. The van der Waals surface area contributed by atoms with E-state index in [0.29, 0.717) is 0 Å². The van der Waals surface area contributed by atoms with E-state index in [9.17, 15) is 9.18 Å². The summed E-state index contributed by atoms with van der Waals surface area (Å²) in [5.74, 6) is 0.323. The van der Waals surface area contributed by atoms with Crippen LogP contribution in [0, 0.1) is 12.7 Å². The Labute approximate surface area is 239 Å². The molecule has 0 fully saturated rings. The lowest BCUT2D eigenvalue weighted by Gasteiger charge is -2.09. The number of benzene rings is 3. The fraction of sp³-hybridized carbons (Fsp3) is 0.147. The highest BCUT2D eigenvalue weighted by Gasteiger charge is 2.15. The number of nitrogens with zero attached hydrogens (tertiary/aromatic N) is 3. The zero-order valence-electron chi connectivity index (χ0n) is 23.4. The lowest BCUT2D eigenvalue weighted by Crippen LogP contribution is -2.29. The van der Waals surface area contributed by atoms with Crippen LogP contribution in [0.5, 0.6) is 0 Å². The summed E-state index contributed by atoms with van der Waals surface area (Å²) in [5, 5.41) is 6.44. The molecule has 0 spiro atoms. The fourth-order valence-electron chi connectivity index (χ4n) is 4.71. The van der Waals surface area contributed by atoms with Crippen LogP contribution in [0.1, 0.15) is 30.7 Å². The van der Waals surface area contributed by atoms with Gasteiger partial charge in [-0.25, -0.2) is 19.2 Å². The molecule has 0 aliphatic carbocycles. The minimum absolute atomic E-state index is 0.134. The first-order valence-electron chi connectivity index (χ1n) is 13.6. The lowest BCUT2D eigenvalue weighted by molar-refractivity contribution is 0.253. The number of aryl methyl sites for hydroxylation is 2. The van der Waals surface area contributed by atoms with E-state index in [4.69, 9.17) is 0 Å². The number of aromatic nitrogens is 3. The number of hydrogen-bond acceptors (Lipinski definition) is 3. The summed E-state index contributed by atoms with van der Waals surface area (Å²) in [6, 6.07) is 22.5. The summed E-state index contributed by atoms with van der Waals surface area (Å²) in [4.78, 5) is 21.4. The van der Waals surface area contributed by atoms with Gasteiger partial charge in [-0.15, -0.1) is 0 Å². The van der Waals surface area contributed by atoms with Crippen molar-refractivity contribution in [3.8, 4) is 16.9 Å². The Morgan fingerprint density at radius 2 is 1.83 bits per heavy atom. The molecule has 0 saturated carbocycles. The summed E-state index contributed by atoms with van der Waals surface area (Å²) in [7, 11) is 0. The van der Waals surface area contributed by atoms with Crippen LogP contribution in [0.2, 0.25) is 0 Å². The summed E-state index contributed by atoms with van der Waals surface area (Å²) >= 11 is 0. The molecule has 2 heterocycles. The van der Waals surface area contributed by atoms with Gasteiger partial charge in [0.15, 0.2) is 0 Å². The molecular weight excluding hydrogens is 513 g/mol. The maximum absolute atomic E-state index is 13.9. The van der Waals surface area contributed by atoms with Gasteiger partial charge in [0.2, 0.25) is 0 Å². The van der Waals surface area contributed by atoms with E-state index in [1.165, 1.54) is 17.7 Å². The number of anilines is 1. The van der Waals surface area contributed by atoms with Gasteiger partial charge >= 0.3 is 6.03 Å². The minimum Gasteiger partial charge on any atom is -0.334 e. The molecule has 2 aromatic heterocycles. The van der Waals surface area contributed by atoms with E-state index in [-0.39, 0.29) is 12.2 Å². The van der Waals surface area contributed by atoms with Crippen LogP contribution in [0.4, 0.5) is 14.9 Å². The molecule has 3 aromatic carbocycles. The van der Waals surface area contributed by atoms with Gasteiger partial charge in [0.05, 0.1) is 11.2 Å². The first kappa shape index (κ1) is 27.5. The summed E-state index contributed by atoms with van der Waals surface area (Å²) < 4.78 is 16.0. The zero-order chi connectivity index (χ0) is 28.8. The van der Waals surface area contributed by atoms with Crippen molar-refractivity contribution < 1.29 is 9.18 Å². The number of amides is 2. The Balaban J connectivity index is 1.50. The average molecular weight is 546 g/mol. The van der Waals surface area contributed by atoms with Crippen molar-refractivity contribution >= 4 is 28.2 Å². The largest absolute Gasteiger partial charge is 0.334 e. The Kier molecular flexibility index (Phi) is 8.34. The second-order valence-corrected chi connectivity index (χ2v) is 9.71. The van der Waals surface area contributed by atoms with Crippen molar-refractivity contribution in [1.29, 1.82) is 0 Å². The molecular formula is C34H32FN5O. The summed E-state index contributed by atoms with van der Waals surface area (Å²) in [6.07, 6.45) is 10.5. The average Bonchev–Trinajstić information content (AvgIpc) is 3.37. The molecule has 0 aliphatic heterocycles. The molecule has 5 rings (SSSR count). The van der Waals surface area contributed by atoms with Gasteiger partial charge in [0, 0.05) is 35.5 Å². The smallest absolute Gasteiger partial charge is 0.319 e. The number of carbonyl (C=O) groups is 1. The van der Waals surface area contributed by atoms with Gasteiger partial charge in [-0.3, -0.25) is 0 Å². The van der Waals surface area contributed by atoms with E-state index in [2.05, 4.69) is 87.7 Å². The molecule has 6 nitrogen and oxygen atoms in total. The maximum Gasteiger partial charge on any atom is 0.319 e. The van der Waals surface area contributed by atoms with E-state index in [1.807, 2.05) is 31.2 Å². The third kappa shape index (κ3) is 6.25. The van der Waals surface area contributed by atoms with Crippen LogP contribution in [0.25, 0.3) is 33.4 Å². The molecule has 2 N–H and O–H groups in total. The standard InChI is InChI=1S/C34H32FN5O/c1-4-8-24(17-18-36-34(41)39-31-10-7-6-9-30(31)35)26-15-16-28-29(25-13-11-23(3)12-14-25)21-40(32(28)19-26)33-20-27(5-2)37-22-38-33/h4,6-17,19-22H,5,18H2,1-3H3,(H2,36,39,41)/b8-4-,24-17+. The Morgan fingerprint density at radius 1 is 1.02 bits per heavy atom. The Hall–Kier alpha value is -5.04. The second-order valence-electron chi connectivity index (χ2n) is 9.71. The van der Waals surface area contributed by atoms with Gasteiger partial charge in [0.1, 0.15) is 18.0 Å². The van der Waals surface area contributed by atoms with Crippen molar-refractivity contribution in [2.75, 3.05) is 11.9 Å². The highest BCUT2D eigenvalue weighted by molar-refractivity contribution is 5.99. The summed E-state index contributed by atoms with van der Waals surface area (Å²) in [5.41, 5.74) is 7.51. The van der Waals surface area contributed by atoms with E-state index < -0.39 is 11.8 Å². The maximum atomic E-state index is 13.9. The number of allylic oxidation sites excluding steroid dienone is 3. The van der Waals surface area contributed by atoms with E-state index in [1.54, 1.807) is 18.5 Å². The molecule has 0 atom stereocenters. The number of carbonyl (C=O) groups excluding carboxylic acids is 1. The van der Waals surface area contributed by atoms with Crippen molar-refractivity contribution in [3.05, 3.63) is 126 Å². The van der Waals surface area contributed by atoms with Gasteiger partial charge < -0.3 is 15.2 Å². The third-order valence-corrected chi connectivity index (χ3v) is 6.87. The molecule has 0 saturated heterocycles. The molecule has 5 aromatic rings. The quantitative estimate of drug-likeness (QED) is 0.195. The normalized spacial score (nSPS) is 11.8. The number of para-hydroxylation sites is 1. The Morgan fingerprint density at radius 3 is 2.59 bits per heavy atom. The second kappa shape index (κ2) is 12.4.